The maximum atomic E-state index is 13.6. The number of fused-ring (bicyclic) bond motifs is 1. The molecule has 1 atom stereocenters. The van der Waals surface area contributed by atoms with E-state index < -0.39 is 35.2 Å². The third kappa shape index (κ3) is 3.69. The molecule has 0 saturated heterocycles. The highest BCUT2D eigenvalue weighted by Crippen LogP contribution is 2.19. The summed E-state index contributed by atoms with van der Waals surface area (Å²) in [6.07, 6.45) is -1.23. The molecule has 0 aliphatic carbocycles. The number of amides is 1. The Morgan fingerprint density at radius 3 is 2.27 bits per heavy atom. The van der Waals surface area contributed by atoms with E-state index in [-0.39, 0.29) is 0 Å². The number of ether oxygens (including phenoxy) is 1. The fraction of sp³-hybridized carbons (Fsp3) is 0.100. The largest absolute Gasteiger partial charge is 0.449 e. The Morgan fingerprint density at radius 1 is 0.923 bits per heavy atom. The van der Waals surface area contributed by atoms with Crippen LogP contribution in [-0.2, 0) is 9.53 Å². The number of halogens is 2. The number of anilines is 1. The van der Waals surface area contributed by atoms with E-state index in [0.29, 0.717) is 5.69 Å². The van der Waals surface area contributed by atoms with Gasteiger partial charge in [0.25, 0.3) is 5.91 Å². The third-order valence-electron chi connectivity index (χ3n) is 3.84. The van der Waals surface area contributed by atoms with Crippen molar-refractivity contribution < 1.29 is 23.1 Å². The maximum absolute atomic E-state index is 13.6. The topological polar surface area (TPSA) is 55.4 Å². The van der Waals surface area contributed by atoms with Crippen LogP contribution in [0.25, 0.3) is 10.8 Å². The van der Waals surface area contributed by atoms with Crippen molar-refractivity contribution in [3.8, 4) is 0 Å². The Kier molecular flexibility index (Phi) is 4.93. The zero-order valence-electron chi connectivity index (χ0n) is 13.8. The molecule has 3 aromatic rings. The molecular weight excluding hydrogens is 340 g/mol. The molecule has 3 rings (SSSR count). The number of rotatable bonds is 4. The van der Waals surface area contributed by atoms with Crippen molar-refractivity contribution in [1.82, 2.24) is 0 Å². The molecule has 1 N–H and O–H groups in total. The second-order valence-corrected chi connectivity index (χ2v) is 5.70. The molecule has 132 valence electrons. The molecule has 4 nitrogen and oxygen atoms in total. The Bertz CT molecular complexity index is 967. The number of benzene rings is 3. The first kappa shape index (κ1) is 17.5. The summed E-state index contributed by atoms with van der Waals surface area (Å²) in [4.78, 5) is 24.2. The molecule has 0 bridgehead atoms. The minimum absolute atomic E-state index is 0.522. The van der Waals surface area contributed by atoms with E-state index >= 15 is 0 Å². The van der Waals surface area contributed by atoms with Crippen LogP contribution in [0.3, 0.4) is 0 Å². The van der Waals surface area contributed by atoms with Crippen LogP contribution in [0.1, 0.15) is 17.3 Å². The third-order valence-corrected chi connectivity index (χ3v) is 3.84. The molecule has 0 radical (unpaired) electrons. The highest BCUT2D eigenvalue weighted by molar-refractivity contribution is 5.99. The van der Waals surface area contributed by atoms with E-state index in [4.69, 9.17) is 4.74 Å². The Balaban J connectivity index is 1.70. The first-order chi connectivity index (χ1) is 12.5. The van der Waals surface area contributed by atoms with Gasteiger partial charge in [-0.25, -0.2) is 13.6 Å². The SMILES string of the molecule is C[C@@H](OC(=O)c1c(F)cccc1F)C(=O)Nc1ccc2ccccc2c1. The monoisotopic (exact) mass is 355 g/mol. The summed E-state index contributed by atoms with van der Waals surface area (Å²) in [7, 11) is 0. The quantitative estimate of drug-likeness (QED) is 0.710. The molecule has 0 aliphatic heterocycles. The zero-order valence-corrected chi connectivity index (χ0v) is 13.8. The molecule has 0 aliphatic rings. The maximum Gasteiger partial charge on any atom is 0.344 e. The summed E-state index contributed by atoms with van der Waals surface area (Å²) in [5, 5.41) is 4.56. The van der Waals surface area contributed by atoms with E-state index in [1.54, 1.807) is 12.1 Å². The molecule has 0 unspecified atom stereocenters. The smallest absolute Gasteiger partial charge is 0.344 e. The van der Waals surface area contributed by atoms with Crippen molar-refractivity contribution in [1.29, 1.82) is 0 Å². The number of esters is 1. The van der Waals surface area contributed by atoms with Gasteiger partial charge in [0.05, 0.1) is 0 Å². The van der Waals surface area contributed by atoms with Crippen LogP contribution in [0, 0.1) is 11.6 Å². The second-order valence-electron chi connectivity index (χ2n) is 5.70. The summed E-state index contributed by atoms with van der Waals surface area (Å²) in [6, 6.07) is 16.0. The van der Waals surface area contributed by atoms with Crippen molar-refractivity contribution in [2.45, 2.75) is 13.0 Å². The van der Waals surface area contributed by atoms with Gasteiger partial charge in [-0.05, 0) is 42.0 Å². The minimum atomic E-state index is -1.23. The fourth-order valence-electron chi connectivity index (χ4n) is 2.48. The Morgan fingerprint density at radius 2 is 1.58 bits per heavy atom. The number of carbonyl (C=O) groups is 2. The van der Waals surface area contributed by atoms with Gasteiger partial charge < -0.3 is 10.1 Å². The van der Waals surface area contributed by atoms with Crippen LogP contribution in [0.15, 0.2) is 60.7 Å². The van der Waals surface area contributed by atoms with Crippen LogP contribution in [-0.4, -0.2) is 18.0 Å². The van der Waals surface area contributed by atoms with E-state index in [1.807, 2.05) is 30.3 Å². The Hall–Kier alpha value is -3.28. The predicted molar refractivity (Wildman–Crippen MR) is 93.8 cm³/mol. The molecule has 0 fully saturated rings. The van der Waals surface area contributed by atoms with E-state index in [9.17, 15) is 18.4 Å². The van der Waals surface area contributed by atoms with Gasteiger partial charge in [0, 0.05) is 5.69 Å². The standard InChI is InChI=1S/C20H15F2NO3/c1-12(26-20(25)18-16(21)7-4-8-17(18)22)19(24)23-15-10-9-13-5-2-3-6-14(13)11-15/h2-12H,1H3,(H,23,24)/t12-/m1/s1. The molecule has 1 amide bonds. The molecule has 3 aromatic carbocycles. The van der Waals surface area contributed by atoms with Gasteiger partial charge in [-0.2, -0.15) is 0 Å². The molecule has 0 heterocycles. The lowest BCUT2D eigenvalue weighted by molar-refractivity contribution is -0.123. The highest BCUT2D eigenvalue weighted by atomic mass is 19.1. The fourth-order valence-corrected chi connectivity index (χ4v) is 2.48. The molecule has 26 heavy (non-hydrogen) atoms. The van der Waals surface area contributed by atoms with Gasteiger partial charge in [-0.15, -0.1) is 0 Å². The van der Waals surface area contributed by atoms with Crippen LogP contribution >= 0.6 is 0 Å². The van der Waals surface area contributed by atoms with Gasteiger partial charge in [0.1, 0.15) is 17.2 Å². The molecule has 6 heteroatoms. The van der Waals surface area contributed by atoms with Crippen molar-refractivity contribution in [2.24, 2.45) is 0 Å². The van der Waals surface area contributed by atoms with Crippen molar-refractivity contribution in [3.63, 3.8) is 0 Å². The lowest BCUT2D eigenvalue weighted by atomic mass is 10.1. The van der Waals surface area contributed by atoms with Gasteiger partial charge in [0.15, 0.2) is 6.10 Å². The number of nitrogens with one attached hydrogen (secondary N) is 1. The summed E-state index contributed by atoms with van der Waals surface area (Å²) < 4.78 is 32.1. The lowest BCUT2D eigenvalue weighted by Gasteiger charge is -2.14. The first-order valence-electron chi connectivity index (χ1n) is 7.90. The van der Waals surface area contributed by atoms with Gasteiger partial charge in [0.2, 0.25) is 0 Å². The molecular formula is C20H15F2NO3. The van der Waals surface area contributed by atoms with E-state index in [2.05, 4.69) is 5.32 Å². The predicted octanol–water partition coefficient (Wildman–Crippen LogP) is 4.30. The number of hydrogen-bond donors (Lipinski definition) is 1. The van der Waals surface area contributed by atoms with Crippen LogP contribution in [0.2, 0.25) is 0 Å². The summed E-state index contributed by atoms with van der Waals surface area (Å²) in [5.41, 5.74) is -0.300. The summed E-state index contributed by atoms with van der Waals surface area (Å²) in [6.45, 7) is 1.33. The van der Waals surface area contributed by atoms with Gasteiger partial charge in [-0.1, -0.05) is 36.4 Å². The van der Waals surface area contributed by atoms with E-state index in [0.717, 1.165) is 29.0 Å². The summed E-state index contributed by atoms with van der Waals surface area (Å²) in [5.74, 6) is -3.93. The van der Waals surface area contributed by atoms with Crippen molar-refractivity contribution in [3.05, 3.63) is 77.9 Å². The molecule has 0 aromatic heterocycles. The zero-order chi connectivity index (χ0) is 18.7. The highest BCUT2D eigenvalue weighted by Gasteiger charge is 2.24. The number of carbonyl (C=O) groups excluding carboxylic acids is 2. The average Bonchev–Trinajstić information content (AvgIpc) is 2.61. The van der Waals surface area contributed by atoms with Crippen molar-refractivity contribution >= 4 is 28.3 Å². The normalized spacial score (nSPS) is 11.8. The minimum Gasteiger partial charge on any atom is -0.449 e. The van der Waals surface area contributed by atoms with Crippen LogP contribution < -0.4 is 5.32 Å². The Labute approximate surface area is 148 Å². The van der Waals surface area contributed by atoms with Crippen molar-refractivity contribution in [2.75, 3.05) is 5.32 Å². The number of hydrogen-bond acceptors (Lipinski definition) is 3. The molecule has 0 spiro atoms. The molecule has 0 saturated carbocycles. The lowest BCUT2D eigenvalue weighted by Crippen LogP contribution is -2.30. The van der Waals surface area contributed by atoms with Gasteiger partial charge in [-0.3, -0.25) is 4.79 Å². The van der Waals surface area contributed by atoms with Gasteiger partial charge >= 0.3 is 5.97 Å². The van der Waals surface area contributed by atoms with E-state index in [1.165, 1.54) is 6.92 Å². The average molecular weight is 355 g/mol. The first-order valence-corrected chi connectivity index (χ1v) is 7.90. The second kappa shape index (κ2) is 7.31. The van der Waals surface area contributed by atoms with Crippen LogP contribution in [0.5, 0.6) is 0 Å². The summed E-state index contributed by atoms with van der Waals surface area (Å²) >= 11 is 0. The van der Waals surface area contributed by atoms with Crippen LogP contribution in [0.4, 0.5) is 14.5 Å².